The summed E-state index contributed by atoms with van der Waals surface area (Å²) in [4.78, 5) is 15.5. The Hall–Kier alpha value is -3.17. The highest BCUT2D eigenvalue weighted by Crippen LogP contribution is 2.32. The van der Waals surface area contributed by atoms with Gasteiger partial charge >= 0.3 is 0 Å². The Labute approximate surface area is 224 Å². The molecule has 11 heteroatoms. The summed E-state index contributed by atoms with van der Waals surface area (Å²) in [5.74, 6) is -0.594. The van der Waals surface area contributed by atoms with Crippen LogP contribution in [0, 0.1) is 25.2 Å². The number of carbonyl (C=O) groups is 1. The molecule has 1 aromatic carbocycles. The number of sulfonamides is 1. The van der Waals surface area contributed by atoms with Gasteiger partial charge in [-0.2, -0.15) is 9.57 Å². The van der Waals surface area contributed by atoms with Crippen LogP contribution in [0.15, 0.2) is 34.7 Å². The third-order valence-corrected chi connectivity index (χ3v) is 8.80. The molecule has 0 bridgehead atoms. The van der Waals surface area contributed by atoms with E-state index in [0.29, 0.717) is 50.9 Å². The molecule has 2 fully saturated rings. The van der Waals surface area contributed by atoms with Crippen molar-refractivity contribution in [3.8, 4) is 6.07 Å². The van der Waals surface area contributed by atoms with Crippen molar-refractivity contribution in [2.75, 3.05) is 62.8 Å². The van der Waals surface area contributed by atoms with E-state index in [0.717, 1.165) is 29.9 Å². The summed E-state index contributed by atoms with van der Waals surface area (Å²) < 4.78 is 41.0. The maximum absolute atomic E-state index is 13.3. The molecule has 1 aromatic heterocycles. The number of amides is 1. The second-order valence-electron chi connectivity index (χ2n) is 9.40. The molecule has 38 heavy (non-hydrogen) atoms. The van der Waals surface area contributed by atoms with Gasteiger partial charge in [0, 0.05) is 44.1 Å². The summed E-state index contributed by atoms with van der Waals surface area (Å²) in [6, 6.07) is 8.74. The van der Waals surface area contributed by atoms with E-state index in [1.807, 2.05) is 30.9 Å². The van der Waals surface area contributed by atoms with Gasteiger partial charge in [-0.1, -0.05) is 6.92 Å². The standard InChI is InChI=1S/C27H35N5O5S/c1-4-7-32-20(2)16-22(21(32)3)17-23(19-28)27(33)29-25-18-24(38(34,35)31-10-14-37-15-11-31)5-6-26(25)30-8-12-36-13-9-30/h5-6,16-18H,4,7-15H2,1-3H3,(H,29,33)/b23-17+. The van der Waals surface area contributed by atoms with Crippen molar-refractivity contribution in [1.29, 1.82) is 5.26 Å². The first-order valence-corrected chi connectivity index (χ1v) is 14.3. The number of rotatable bonds is 8. The topological polar surface area (TPSA) is 117 Å². The molecule has 0 radical (unpaired) electrons. The van der Waals surface area contributed by atoms with Crippen LogP contribution in [0.25, 0.3) is 6.08 Å². The summed E-state index contributed by atoms with van der Waals surface area (Å²) in [5.41, 5.74) is 3.81. The lowest BCUT2D eigenvalue weighted by atomic mass is 10.1. The van der Waals surface area contributed by atoms with Gasteiger partial charge in [-0.3, -0.25) is 4.79 Å². The number of nitrogens with zero attached hydrogens (tertiary/aromatic N) is 4. The Kier molecular flexibility index (Phi) is 8.89. The van der Waals surface area contributed by atoms with E-state index in [9.17, 15) is 18.5 Å². The molecular weight excluding hydrogens is 506 g/mol. The summed E-state index contributed by atoms with van der Waals surface area (Å²) in [6.45, 7) is 10.4. The highest BCUT2D eigenvalue weighted by molar-refractivity contribution is 7.89. The highest BCUT2D eigenvalue weighted by Gasteiger charge is 2.28. The fraction of sp³-hybridized carbons (Fsp3) is 0.481. The number of nitrogens with one attached hydrogen (secondary N) is 1. The van der Waals surface area contributed by atoms with Gasteiger partial charge in [-0.15, -0.1) is 0 Å². The van der Waals surface area contributed by atoms with Gasteiger partial charge in [-0.25, -0.2) is 8.42 Å². The molecule has 0 unspecified atom stereocenters. The number of aryl methyl sites for hydroxylation is 1. The number of hydrogen-bond donors (Lipinski definition) is 1. The van der Waals surface area contributed by atoms with E-state index in [4.69, 9.17) is 9.47 Å². The predicted molar refractivity (Wildman–Crippen MR) is 145 cm³/mol. The van der Waals surface area contributed by atoms with Crippen molar-refractivity contribution in [2.24, 2.45) is 0 Å². The average Bonchev–Trinajstić information content (AvgIpc) is 3.20. The molecule has 0 spiro atoms. The largest absolute Gasteiger partial charge is 0.379 e. The Morgan fingerprint density at radius 1 is 1.08 bits per heavy atom. The van der Waals surface area contributed by atoms with Crippen LogP contribution >= 0.6 is 0 Å². The lowest BCUT2D eigenvalue weighted by Gasteiger charge is -2.31. The quantitative estimate of drug-likeness (QED) is 0.403. The van der Waals surface area contributed by atoms with Crippen molar-refractivity contribution >= 4 is 33.4 Å². The van der Waals surface area contributed by atoms with Gasteiger partial charge in [-0.05, 0) is 56.2 Å². The molecule has 2 saturated heterocycles. The monoisotopic (exact) mass is 541 g/mol. The average molecular weight is 542 g/mol. The summed E-state index contributed by atoms with van der Waals surface area (Å²) >= 11 is 0. The minimum Gasteiger partial charge on any atom is -0.379 e. The molecule has 3 heterocycles. The molecule has 1 amide bonds. The third-order valence-electron chi connectivity index (χ3n) is 6.90. The zero-order valence-electron chi connectivity index (χ0n) is 22.2. The Bertz CT molecular complexity index is 1350. The molecule has 2 aromatic rings. The van der Waals surface area contributed by atoms with Gasteiger partial charge in [0.2, 0.25) is 10.0 Å². The van der Waals surface area contributed by atoms with Crippen LogP contribution in [0.5, 0.6) is 0 Å². The third kappa shape index (κ3) is 5.94. The minimum atomic E-state index is -3.78. The molecule has 10 nitrogen and oxygen atoms in total. The molecule has 0 atom stereocenters. The Morgan fingerprint density at radius 3 is 2.37 bits per heavy atom. The second-order valence-corrected chi connectivity index (χ2v) is 11.3. The lowest BCUT2D eigenvalue weighted by Crippen LogP contribution is -2.40. The molecule has 2 aliphatic rings. The van der Waals surface area contributed by atoms with E-state index in [1.165, 1.54) is 10.4 Å². The van der Waals surface area contributed by atoms with Crippen LogP contribution in [0.4, 0.5) is 11.4 Å². The van der Waals surface area contributed by atoms with E-state index in [-0.39, 0.29) is 23.6 Å². The van der Waals surface area contributed by atoms with Gasteiger partial charge in [0.15, 0.2) is 0 Å². The van der Waals surface area contributed by atoms with Crippen LogP contribution in [0.3, 0.4) is 0 Å². The lowest BCUT2D eigenvalue weighted by molar-refractivity contribution is -0.112. The van der Waals surface area contributed by atoms with E-state index < -0.39 is 15.9 Å². The smallest absolute Gasteiger partial charge is 0.266 e. The van der Waals surface area contributed by atoms with Gasteiger partial charge in [0.1, 0.15) is 11.6 Å². The van der Waals surface area contributed by atoms with Crippen LogP contribution in [-0.4, -0.2) is 75.8 Å². The molecule has 2 aliphatic heterocycles. The second kappa shape index (κ2) is 12.1. The number of carbonyl (C=O) groups excluding carboxylic acids is 1. The summed E-state index contributed by atoms with van der Waals surface area (Å²) in [5, 5.41) is 12.7. The fourth-order valence-electron chi connectivity index (χ4n) is 4.83. The van der Waals surface area contributed by atoms with Crippen LogP contribution in [-0.2, 0) is 30.8 Å². The van der Waals surface area contributed by atoms with Gasteiger partial charge < -0.3 is 24.3 Å². The molecule has 0 saturated carbocycles. The van der Waals surface area contributed by atoms with Crippen LogP contribution in [0.1, 0.15) is 30.3 Å². The zero-order chi connectivity index (χ0) is 27.3. The highest BCUT2D eigenvalue weighted by atomic mass is 32.2. The van der Waals surface area contributed by atoms with E-state index in [1.54, 1.807) is 18.2 Å². The van der Waals surface area contributed by atoms with Crippen molar-refractivity contribution in [3.63, 3.8) is 0 Å². The molecule has 204 valence electrons. The first-order valence-electron chi connectivity index (χ1n) is 12.9. The minimum absolute atomic E-state index is 0.0592. The fourth-order valence-corrected chi connectivity index (χ4v) is 6.26. The number of aromatic nitrogens is 1. The first kappa shape index (κ1) is 27.9. The van der Waals surface area contributed by atoms with Crippen molar-refractivity contribution < 1.29 is 22.7 Å². The molecule has 4 rings (SSSR count). The SMILES string of the molecule is CCCn1c(C)cc(/C=C(\C#N)C(=O)Nc2cc(S(=O)(=O)N3CCOCC3)ccc2N2CCOCC2)c1C. The number of hydrogen-bond acceptors (Lipinski definition) is 7. The number of benzene rings is 1. The van der Waals surface area contributed by atoms with Gasteiger partial charge in [0.05, 0.1) is 42.7 Å². The zero-order valence-corrected chi connectivity index (χ0v) is 23.0. The normalized spacial score (nSPS) is 17.3. The van der Waals surface area contributed by atoms with Crippen molar-refractivity contribution in [2.45, 2.75) is 38.6 Å². The Morgan fingerprint density at radius 2 is 1.74 bits per heavy atom. The summed E-state index contributed by atoms with van der Waals surface area (Å²) in [7, 11) is -3.78. The maximum Gasteiger partial charge on any atom is 0.266 e. The first-order chi connectivity index (χ1) is 18.3. The van der Waals surface area contributed by atoms with Crippen molar-refractivity contribution in [3.05, 3.63) is 46.8 Å². The van der Waals surface area contributed by atoms with Crippen molar-refractivity contribution in [1.82, 2.24) is 8.87 Å². The van der Waals surface area contributed by atoms with Crippen LogP contribution in [0.2, 0.25) is 0 Å². The van der Waals surface area contributed by atoms with E-state index in [2.05, 4.69) is 16.8 Å². The van der Waals surface area contributed by atoms with E-state index >= 15 is 0 Å². The number of anilines is 2. The number of morpholine rings is 2. The summed E-state index contributed by atoms with van der Waals surface area (Å²) in [6.07, 6.45) is 2.56. The Balaban J connectivity index is 1.68. The number of nitriles is 1. The molecule has 1 N–H and O–H groups in total. The predicted octanol–water partition coefficient (Wildman–Crippen LogP) is 2.92. The van der Waals surface area contributed by atoms with Crippen LogP contribution < -0.4 is 10.2 Å². The molecule has 0 aliphatic carbocycles. The number of ether oxygens (including phenoxy) is 2. The molecular formula is C27H35N5O5S. The van der Waals surface area contributed by atoms with Gasteiger partial charge in [0.25, 0.3) is 5.91 Å². The maximum atomic E-state index is 13.3.